The van der Waals surface area contributed by atoms with Gasteiger partial charge in [-0.25, -0.2) is 0 Å². The number of rotatable bonds is 7. The van der Waals surface area contributed by atoms with Gasteiger partial charge in [-0.1, -0.05) is 25.5 Å². The number of ketones is 2. The molecule has 182 valence electrons. The summed E-state index contributed by atoms with van der Waals surface area (Å²) in [5.74, 6) is -0.428. The summed E-state index contributed by atoms with van der Waals surface area (Å²) < 4.78 is 16.8. The molecule has 0 aromatic rings. The molecule has 0 heterocycles. The Morgan fingerprint density at radius 3 is 2.70 bits per heavy atom. The average Bonchev–Trinajstić information content (AvgIpc) is 3.05. The van der Waals surface area contributed by atoms with Crippen molar-refractivity contribution in [3.63, 3.8) is 0 Å². The molecule has 4 aliphatic carbocycles. The minimum atomic E-state index is -1.18. The van der Waals surface area contributed by atoms with Crippen LogP contribution in [0.5, 0.6) is 0 Å². The first kappa shape index (κ1) is 24.3. The van der Waals surface area contributed by atoms with E-state index in [2.05, 4.69) is 13.8 Å². The quantitative estimate of drug-likeness (QED) is 0.354. The molecule has 3 saturated carbocycles. The van der Waals surface area contributed by atoms with E-state index in [1.165, 1.54) is 6.92 Å². The van der Waals surface area contributed by atoms with Crippen molar-refractivity contribution in [2.24, 2.45) is 28.6 Å². The zero-order chi connectivity index (χ0) is 24.0. The summed E-state index contributed by atoms with van der Waals surface area (Å²) in [7, 11) is 0. The standard InChI is InChI=1S/C26H36O7/c1-5-31-15-33-26(22(30)14-32-16(2)27)11-9-20-19-7-6-17-12-18(28)8-10-24(17,3)23(19)21(29)13-25(20,26)4/h8,10,12,19-21,23,29H,5-7,9,11,13-15H2,1-4H3/t19-,20-,21-,23+,24-,25-,26-/m0/s1. The van der Waals surface area contributed by atoms with E-state index in [4.69, 9.17) is 14.2 Å². The van der Waals surface area contributed by atoms with Gasteiger partial charge in [0.2, 0.25) is 5.78 Å². The summed E-state index contributed by atoms with van der Waals surface area (Å²) >= 11 is 0. The van der Waals surface area contributed by atoms with Crippen LogP contribution in [0.4, 0.5) is 0 Å². The third-order valence-corrected chi connectivity index (χ3v) is 9.07. The van der Waals surface area contributed by atoms with E-state index in [1.807, 2.05) is 13.0 Å². The molecule has 0 spiro atoms. The number of fused-ring (bicyclic) bond motifs is 5. The molecule has 0 unspecified atom stereocenters. The summed E-state index contributed by atoms with van der Waals surface area (Å²) in [6.07, 6.45) is 8.06. The fourth-order valence-electron chi connectivity index (χ4n) is 7.60. The molecular weight excluding hydrogens is 424 g/mol. The number of hydrogen-bond acceptors (Lipinski definition) is 7. The van der Waals surface area contributed by atoms with Gasteiger partial charge in [-0.05, 0) is 63.0 Å². The maximum Gasteiger partial charge on any atom is 0.303 e. The lowest BCUT2D eigenvalue weighted by Crippen LogP contribution is -2.62. The second-order valence-electron chi connectivity index (χ2n) is 10.5. The number of allylic oxidation sites excluding steroid dienone is 4. The van der Waals surface area contributed by atoms with E-state index in [0.717, 1.165) is 24.8 Å². The van der Waals surface area contributed by atoms with Crippen LogP contribution >= 0.6 is 0 Å². The molecule has 0 saturated heterocycles. The van der Waals surface area contributed by atoms with Crippen LogP contribution in [-0.4, -0.2) is 54.4 Å². The van der Waals surface area contributed by atoms with Crippen LogP contribution in [0.15, 0.2) is 23.8 Å². The number of carbonyl (C=O) groups excluding carboxylic acids is 3. The number of carbonyl (C=O) groups is 3. The Morgan fingerprint density at radius 1 is 1.24 bits per heavy atom. The third-order valence-electron chi connectivity index (χ3n) is 9.07. The van der Waals surface area contributed by atoms with Gasteiger partial charge in [-0.3, -0.25) is 14.4 Å². The van der Waals surface area contributed by atoms with Gasteiger partial charge in [-0.2, -0.15) is 0 Å². The van der Waals surface area contributed by atoms with Gasteiger partial charge in [0, 0.05) is 30.3 Å². The zero-order valence-corrected chi connectivity index (χ0v) is 20.1. The fourth-order valence-corrected chi connectivity index (χ4v) is 7.60. The third kappa shape index (κ3) is 3.72. The number of hydrogen-bond donors (Lipinski definition) is 1. The molecule has 7 atom stereocenters. The maximum absolute atomic E-state index is 13.5. The Morgan fingerprint density at radius 2 is 2.00 bits per heavy atom. The van der Waals surface area contributed by atoms with Gasteiger partial charge < -0.3 is 19.3 Å². The molecule has 0 bridgehead atoms. The summed E-state index contributed by atoms with van der Waals surface area (Å²) in [4.78, 5) is 36.9. The van der Waals surface area contributed by atoms with Crippen molar-refractivity contribution < 1.29 is 33.7 Å². The van der Waals surface area contributed by atoms with Crippen LogP contribution in [-0.2, 0) is 28.6 Å². The highest BCUT2D eigenvalue weighted by molar-refractivity contribution is 6.01. The van der Waals surface area contributed by atoms with Crippen LogP contribution in [0.3, 0.4) is 0 Å². The van der Waals surface area contributed by atoms with Crippen molar-refractivity contribution in [3.05, 3.63) is 23.8 Å². The SMILES string of the molecule is CCOCO[C@]1(C(=O)COC(C)=O)CC[C@H]2[C@@H]3CCC4=CC(=O)C=C[C@]4(C)[C@H]3[C@@H](O)C[C@@]21C. The normalized spacial score (nSPS) is 41.6. The number of Topliss-reactive ketones (excluding diaryl/α,β-unsaturated/α-hetero) is 1. The molecule has 0 radical (unpaired) electrons. The minimum absolute atomic E-state index is 0.0105. The number of aliphatic hydroxyl groups is 1. The molecule has 4 aliphatic rings. The fraction of sp³-hybridized carbons (Fsp3) is 0.731. The van der Waals surface area contributed by atoms with Gasteiger partial charge in [0.15, 0.2) is 12.4 Å². The lowest BCUT2D eigenvalue weighted by molar-refractivity contribution is -0.218. The number of ether oxygens (including phenoxy) is 3. The Hall–Kier alpha value is -1.83. The van der Waals surface area contributed by atoms with E-state index in [0.29, 0.717) is 19.4 Å². The molecule has 0 amide bonds. The smallest absolute Gasteiger partial charge is 0.303 e. The summed E-state index contributed by atoms with van der Waals surface area (Å²) in [5.41, 5.74) is -1.06. The van der Waals surface area contributed by atoms with Crippen molar-refractivity contribution in [1.82, 2.24) is 0 Å². The molecular formula is C26H36O7. The van der Waals surface area contributed by atoms with Crippen LogP contribution in [0.2, 0.25) is 0 Å². The topological polar surface area (TPSA) is 99.1 Å². The van der Waals surface area contributed by atoms with Crippen LogP contribution < -0.4 is 0 Å². The zero-order valence-electron chi connectivity index (χ0n) is 20.1. The van der Waals surface area contributed by atoms with E-state index in [-0.39, 0.29) is 48.1 Å². The first-order valence-corrected chi connectivity index (χ1v) is 12.1. The van der Waals surface area contributed by atoms with Crippen LogP contribution in [0.1, 0.15) is 59.8 Å². The first-order valence-electron chi connectivity index (χ1n) is 12.1. The maximum atomic E-state index is 13.5. The highest BCUT2D eigenvalue weighted by Crippen LogP contribution is 2.67. The van der Waals surface area contributed by atoms with Gasteiger partial charge in [0.05, 0.1) is 6.10 Å². The lowest BCUT2D eigenvalue weighted by Gasteiger charge is -2.60. The van der Waals surface area contributed by atoms with Crippen molar-refractivity contribution in [1.29, 1.82) is 0 Å². The van der Waals surface area contributed by atoms with Crippen LogP contribution in [0, 0.1) is 28.6 Å². The molecule has 33 heavy (non-hydrogen) atoms. The average molecular weight is 461 g/mol. The molecule has 3 fully saturated rings. The van der Waals surface area contributed by atoms with E-state index < -0.39 is 23.1 Å². The highest BCUT2D eigenvalue weighted by atomic mass is 16.7. The molecule has 0 aromatic heterocycles. The van der Waals surface area contributed by atoms with Crippen molar-refractivity contribution in [2.45, 2.75) is 71.5 Å². The predicted molar refractivity (Wildman–Crippen MR) is 120 cm³/mol. The van der Waals surface area contributed by atoms with Gasteiger partial charge in [0.25, 0.3) is 0 Å². The summed E-state index contributed by atoms with van der Waals surface area (Å²) in [5, 5.41) is 11.6. The minimum Gasteiger partial charge on any atom is -0.458 e. The monoisotopic (exact) mass is 460 g/mol. The van der Waals surface area contributed by atoms with E-state index in [1.54, 1.807) is 12.2 Å². The molecule has 0 aromatic carbocycles. The second kappa shape index (κ2) is 8.75. The van der Waals surface area contributed by atoms with Gasteiger partial charge in [-0.15, -0.1) is 0 Å². The Bertz CT molecular complexity index is 891. The Balaban J connectivity index is 1.69. The van der Waals surface area contributed by atoms with E-state index >= 15 is 0 Å². The molecule has 7 heteroatoms. The molecule has 4 rings (SSSR count). The molecule has 1 N–H and O–H groups in total. The largest absolute Gasteiger partial charge is 0.458 e. The molecule has 0 aliphatic heterocycles. The van der Waals surface area contributed by atoms with Crippen molar-refractivity contribution >= 4 is 17.5 Å². The van der Waals surface area contributed by atoms with Gasteiger partial charge >= 0.3 is 5.97 Å². The highest BCUT2D eigenvalue weighted by Gasteiger charge is 2.69. The van der Waals surface area contributed by atoms with Crippen molar-refractivity contribution in [2.75, 3.05) is 20.0 Å². The lowest BCUT2D eigenvalue weighted by atomic mass is 9.46. The second-order valence-corrected chi connectivity index (χ2v) is 10.5. The molecule has 7 nitrogen and oxygen atoms in total. The Labute approximate surface area is 195 Å². The van der Waals surface area contributed by atoms with Crippen molar-refractivity contribution in [3.8, 4) is 0 Å². The number of esters is 1. The first-order chi connectivity index (χ1) is 15.6. The van der Waals surface area contributed by atoms with Crippen LogP contribution in [0.25, 0.3) is 0 Å². The summed E-state index contributed by atoms with van der Waals surface area (Å²) in [6.45, 7) is 7.42. The van der Waals surface area contributed by atoms with E-state index in [9.17, 15) is 19.5 Å². The number of aliphatic hydroxyl groups excluding tert-OH is 1. The summed E-state index contributed by atoms with van der Waals surface area (Å²) in [6, 6.07) is 0. The Kier molecular flexibility index (Phi) is 6.44. The van der Waals surface area contributed by atoms with Gasteiger partial charge in [0.1, 0.15) is 12.4 Å². The predicted octanol–water partition coefficient (Wildman–Crippen LogP) is 3.15.